The molecule has 0 aromatic heterocycles. The van der Waals surface area contributed by atoms with E-state index in [1.807, 2.05) is 13.0 Å². The molecule has 0 unspecified atom stereocenters. The fourth-order valence-corrected chi connectivity index (χ4v) is 1.05. The molecule has 0 saturated carbocycles. The third kappa shape index (κ3) is 1.72. The molecule has 3 heteroatoms. The molecule has 0 amide bonds. The van der Waals surface area contributed by atoms with E-state index in [0.29, 0.717) is 11.7 Å². The van der Waals surface area contributed by atoms with E-state index in [2.05, 4.69) is 0 Å². The number of nitriles is 1. The van der Waals surface area contributed by atoms with Crippen molar-refractivity contribution in [1.82, 2.24) is 0 Å². The monoisotopic (exact) mass is 153 g/mol. The van der Waals surface area contributed by atoms with E-state index in [1.54, 1.807) is 13.2 Å². The van der Waals surface area contributed by atoms with E-state index < -0.39 is 0 Å². The van der Waals surface area contributed by atoms with Crippen molar-refractivity contribution in [3.63, 3.8) is 0 Å². The van der Waals surface area contributed by atoms with Crippen LogP contribution in [-0.2, 0) is 9.47 Å². The number of hydrogen-bond acceptors (Lipinski definition) is 3. The third-order valence-electron chi connectivity index (χ3n) is 1.73. The molecule has 2 atom stereocenters. The fraction of sp³-hybridized carbons (Fsp3) is 0.625. The first-order valence-corrected chi connectivity index (χ1v) is 3.57. The summed E-state index contributed by atoms with van der Waals surface area (Å²) in [6, 6.07) is 1.95. The van der Waals surface area contributed by atoms with Gasteiger partial charge in [-0.05, 0) is 12.5 Å². The molecule has 0 aliphatic carbocycles. The van der Waals surface area contributed by atoms with Crippen molar-refractivity contribution >= 4 is 0 Å². The molecule has 0 fully saturated rings. The Morgan fingerprint density at radius 2 is 2.55 bits per heavy atom. The highest BCUT2D eigenvalue weighted by Gasteiger charge is 2.22. The molecule has 0 radical (unpaired) electrons. The van der Waals surface area contributed by atoms with Gasteiger partial charge in [0.2, 0.25) is 6.29 Å². The molecule has 1 aliphatic heterocycles. The van der Waals surface area contributed by atoms with Gasteiger partial charge < -0.3 is 9.47 Å². The Morgan fingerprint density at radius 3 is 3.09 bits per heavy atom. The van der Waals surface area contributed by atoms with Gasteiger partial charge in [0.1, 0.15) is 6.07 Å². The topological polar surface area (TPSA) is 42.2 Å². The zero-order valence-electron chi connectivity index (χ0n) is 6.70. The maximum Gasteiger partial charge on any atom is 0.203 e. The Balaban J connectivity index is 2.62. The van der Waals surface area contributed by atoms with Crippen molar-refractivity contribution in [3.05, 3.63) is 11.8 Å². The zero-order chi connectivity index (χ0) is 8.27. The van der Waals surface area contributed by atoms with Crippen LogP contribution in [-0.4, -0.2) is 13.4 Å². The number of methoxy groups -OCH3 is 1. The Labute approximate surface area is 66.2 Å². The van der Waals surface area contributed by atoms with E-state index in [9.17, 15) is 0 Å². The van der Waals surface area contributed by atoms with Gasteiger partial charge in [-0.1, -0.05) is 6.92 Å². The minimum absolute atomic E-state index is 0.255. The normalized spacial score (nSPS) is 30.1. The lowest BCUT2D eigenvalue weighted by Crippen LogP contribution is -2.26. The second kappa shape index (κ2) is 3.40. The predicted octanol–water partition coefficient (Wildman–Crippen LogP) is 1.42. The second-order valence-corrected chi connectivity index (χ2v) is 2.62. The van der Waals surface area contributed by atoms with Gasteiger partial charge in [0, 0.05) is 13.0 Å². The van der Waals surface area contributed by atoms with E-state index in [1.165, 1.54) is 0 Å². The SMILES string of the molecule is CO[C@@H]1OC(C#N)=CC[C@@H]1C. The van der Waals surface area contributed by atoms with Crippen LogP contribution in [0.25, 0.3) is 0 Å². The quantitative estimate of drug-likeness (QED) is 0.572. The van der Waals surface area contributed by atoms with Gasteiger partial charge in [-0.3, -0.25) is 0 Å². The second-order valence-electron chi connectivity index (χ2n) is 2.62. The number of ether oxygens (including phenoxy) is 2. The molecule has 1 rings (SSSR count). The van der Waals surface area contributed by atoms with Crippen LogP contribution < -0.4 is 0 Å². The van der Waals surface area contributed by atoms with Gasteiger partial charge in [-0.25, -0.2) is 0 Å². The van der Waals surface area contributed by atoms with Gasteiger partial charge in [0.15, 0.2) is 5.76 Å². The third-order valence-corrected chi connectivity index (χ3v) is 1.73. The molecule has 0 N–H and O–H groups in total. The van der Waals surface area contributed by atoms with Crippen molar-refractivity contribution in [3.8, 4) is 6.07 Å². The summed E-state index contributed by atoms with van der Waals surface area (Å²) >= 11 is 0. The molecule has 0 bridgehead atoms. The van der Waals surface area contributed by atoms with Crippen LogP contribution in [0.4, 0.5) is 0 Å². The van der Waals surface area contributed by atoms with E-state index >= 15 is 0 Å². The van der Waals surface area contributed by atoms with Crippen LogP contribution in [0.1, 0.15) is 13.3 Å². The predicted molar refractivity (Wildman–Crippen MR) is 39.4 cm³/mol. The van der Waals surface area contributed by atoms with Crippen LogP contribution in [0.15, 0.2) is 11.8 Å². The lowest BCUT2D eigenvalue weighted by Gasteiger charge is -2.25. The molecule has 0 aromatic carbocycles. The zero-order valence-corrected chi connectivity index (χ0v) is 6.70. The van der Waals surface area contributed by atoms with Gasteiger partial charge >= 0.3 is 0 Å². The molecule has 0 spiro atoms. The van der Waals surface area contributed by atoms with E-state index in [-0.39, 0.29) is 6.29 Å². The number of allylic oxidation sites excluding steroid dienone is 2. The molecular formula is C8H11NO2. The highest BCUT2D eigenvalue weighted by Crippen LogP contribution is 2.22. The van der Waals surface area contributed by atoms with Gasteiger partial charge in [0.25, 0.3) is 0 Å². The lowest BCUT2D eigenvalue weighted by atomic mass is 10.1. The summed E-state index contributed by atoms with van der Waals surface area (Å²) in [6.07, 6.45) is 2.39. The first-order valence-electron chi connectivity index (χ1n) is 3.57. The van der Waals surface area contributed by atoms with Gasteiger partial charge in [-0.15, -0.1) is 0 Å². The molecule has 1 heterocycles. The smallest absolute Gasteiger partial charge is 0.203 e. The molecule has 11 heavy (non-hydrogen) atoms. The standard InChI is InChI=1S/C8H11NO2/c1-6-3-4-7(5-9)11-8(6)10-2/h4,6,8H,3H2,1-2H3/t6-,8+/m0/s1. The summed E-state index contributed by atoms with van der Waals surface area (Å²) in [4.78, 5) is 0. The minimum Gasteiger partial charge on any atom is -0.455 e. The first-order chi connectivity index (χ1) is 5.27. The van der Waals surface area contributed by atoms with Crippen molar-refractivity contribution in [1.29, 1.82) is 5.26 Å². The maximum absolute atomic E-state index is 8.49. The summed E-state index contributed by atoms with van der Waals surface area (Å²) in [6.45, 7) is 2.03. The van der Waals surface area contributed by atoms with Gasteiger partial charge in [-0.2, -0.15) is 5.26 Å². The highest BCUT2D eigenvalue weighted by molar-refractivity contribution is 5.15. The Morgan fingerprint density at radius 1 is 1.82 bits per heavy atom. The molecule has 60 valence electrons. The summed E-state index contributed by atoms with van der Waals surface area (Å²) < 4.78 is 10.2. The van der Waals surface area contributed by atoms with Crippen molar-refractivity contribution in [2.24, 2.45) is 5.92 Å². The minimum atomic E-state index is -0.255. The van der Waals surface area contributed by atoms with Crippen LogP contribution in [0.2, 0.25) is 0 Å². The molecule has 3 nitrogen and oxygen atoms in total. The van der Waals surface area contributed by atoms with Crippen LogP contribution in [0.5, 0.6) is 0 Å². The fourth-order valence-electron chi connectivity index (χ4n) is 1.05. The average molecular weight is 153 g/mol. The van der Waals surface area contributed by atoms with Crippen LogP contribution >= 0.6 is 0 Å². The average Bonchev–Trinajstić information content (AvgIpc) is 2.05. The van der Waals surface area contributed by atoms with Crippen molar-refractivity contribution in [2.45, 2.75) is 19.6 Å². The van der Waals surface area contributed by atoms with E-state index in [4.69, 9.17) is 14.7 Å². The molecule has 0 saturated heterocycles. The summed E-state index contributed by atoms with van der Waals surface area (Å²) in [5.41, 5.74) is 0. The summed E-state index contributed by atoms with van der Waals surface area (Å²) in [5.74, 6) is 0.701. The summed E-state index contributed by atoms with van der Waals surface area (Å²) in [7, 11) is 1.58. The van der Waals surface area contributed by atoms with Crippen molar-refractivity contribution in [2.75, 3.05) is 7.11 Å². The number of hydrogen-bond donors (Lipinski definition) is 0. The van der Waals surface area contributed by atoms with E-state index in [0.717, 1.165) is 6.42 Å². The van der Waals surface area contributed by atoms with Crippen LogP contribution in [0.3, 0.4) is 0 Å². The number of nitrogens with zero attached hydrogens (tertiary/aromatic N) is 1. The Hall–Kier alpha value is -1.01. The molecule has 1 aliphatic rings. The summed E-state index contributed by atoms with van der Waals surface area (Å²) in [5, 5.41) is 8.49. The number of rotatable bonds is 1. The molecular weight excluding hydrogens is 142 g/mol. The molecule has 0 aromatic rings. The lowest BCUT2D eigenvalue weighted by molar-refractivity contribution is -0.128. The van der Waals surface area contributed by atoms with Crippen molar-refractivity contribution < 1.29 is 9.47 Å². The Kier molecular flexibility index (Phi) is 2.50. The Bertz CT molecular complexity index is 205. The maximum atomic E-state index is 8.49. The largest absolute Gasteiger partial charge is 0.455 e. The van der Waals surface area contributed by atoms with Crippen LogP contribution in [0, 0.1) is 17.2 Å². The van der Waals surface area contributed by atoms with Gasteiger partial charge in [0.05, 0.1) is 0 Å². The first kappa shape index (κ1) is 8.09. The highest BCUT2D eigenvalue weighted by atomic mass is 16.7.